The van der Waals surface area contributed by atoms with Crippen molar-refractivity contribution in [3.63, 3.8) is 0 Å². The van der Waals surface area contributed by atoms with E-state index in [9.17, 15) is 0 Å². The van der Waals surface area contributed by atoms with E-state index in [1.807, 2.05) is 30.3 Å². The Balaban J connectivity index is 1.68. The quantitative estimate of drug-likeness (QED) is 0.345. The van der Waals surface area contributed by atoms with Gasteiger partial charge in [-0.05, 0) is 36.8 Å². The maximum Gasteiger partial charge on any atom is 0.139 e. The van der Waals surface area contributed by atoms with Gasteiger partial charge in [0, 0.05) is 27.6 Å². The molecule has 0 fully saturated rings. The van der Waals surface area contributed by atoms with Crippen LogP contribution in [-0.4, -0.2) is 6.61 Å². The number of hydrogen-bond donors (Lipinski definition) is 0. The van der Waals surface area contributed by atoms with E-state index in [1.54, 1.807) is 0 Å². The maximum absolute atomic E-state index is 6.10. The largest absolute Gasteiger partial charge is 0.493 e. The lowest BCUT2D eigenvalue weighted by molar-refractivity contribution is 0.309. The summed E-state index contributed by atoms with van der Waals surface area (Å²) in [6, 6.07) is 18.3. The first kappa shape index (κ1) is 14.4. The number of ether oxygens (including phenoxy) is 1. The van der Waals surface area contributed by atoms with E-state index < -0.39 is 0 Å². The Morgan fingerprint density at radius 1 is 0.720 bits per heavy atom. The highest BCUT2D eigenvalue weighted by Gasteiger charge is 2.13. The smallest absolute Gasteiger partial charge is 0.139 e. The molecule has 0 bridgehead atoms. The van der Waals surface area contributed by atoms with E-state index in [0.29, 0.717) is 0 Å². The van der Waals surface area contributed by atoms with Crippen molar-refractivity contribution in [2.24, 2.45) is 0 Å². The van der Waals surface area contributed by atoms with Crippen LogP contribution in [0.15, 0.2) is 63.4 Å². The molecule has 0 saturated heterocycles. The number of rotatable bonds is 4. The van der Waals surface area contributed by atoms with Crippen LogP contribution in [0.1, 0.15) is 19.8 Å². The Labute approximate surface area is 144 Å². The standard InChI is InChI=1S/C22H18O3/c1-2-3-10-23-14-8-9-16-18-13-21-17(12-22(18)25-20(16)11-14)15-6-4-5-7-19(15)24-21/h4-9,11-13H,2-3,10H2,1H3. The number of hydrogen-bond acceptors (Lipinski definition) is 3. The van der Waals surface area contributed by atoms with Gasteiger partial charge in [-0.3, -0.25) is 0 Å². The van der Waals surface area contributed by atoms with Crippen LogP contribution in [0.25, 0.3) is 43.9 Å². The van der Waals surface area contributed by atoms with Crippen LogP contribution in [-0.2, 0) is 0 Å². The lowest BCUT2D eigenvalue weighted by Crippen LogP contribution is -1.95. The van der Waals surface area contributed by atoms with Crippen molar-refractivity contribution in [3.05, 3.63) is 54.6 Å². The summed E-state index contributed by atoms with van der Waals surface area (Å²) in [5, 5.41) is 4.35. The van der Waals surface area contributed by atoms with Gasteiger partial charge in [0.25, 0.3) is 0 Å². The number of benzene rings is 3. The van der Waals surface area contributed by atoms with Crippen molar-refractivity contribution < 1.29 is 13.6 Å². The fraction of sp³-hybridized carbons (Fsp3) is 0.182. The first-order valence-corrected chi connectivity index (χ1v) is 8.74. The number of para-hydroxylation sites is 1. The van der Waals surface area contributed by atoms with Crippen molar-refractivity contribution in [1.29, 1.82) is 0 Å². The van der Waals surface area contributed by atoms with Crippen LogP contribution < -0.4 is 4.74 Å². The van der Waals surface area contributed by atoms with E-state index >= 15 is 0 Å². The Bertz CT molecular complexity index is 1210. The molecule has 5 aromatic rings. The van der Waals surface area contributed by atoms with E-state index in [0.717, 1.165) is 69.1 Å². The van der Waals surface area contributed by atoms with Crippen LogP contribution >= 0.6 is 0 Å². The normalized spacial score (nSPS) is 11.9. The average molecular weight is 330 g/mol. The topological polar surface area (TPSA) is 35.5 Å². The predicted octanol–water partition coefficient (Wildman–Crippen LogP) is 6.66. The van der Waals surface area contributed by atoms with E-state index in [-0.39, 0.29) is 0 Å². The minimum Gasteiger partial charge on any atom is -0.493 e. The molecule has 0 aliphatic heterocycles. The monoisotopic (exact) mass is 330 g/mol. The summed E-state index contributed by atoms with van der Waals surface area (Å²) in [5.74, 6) is 0.856. The van der Waals surface area contributed by atoms with Gasteiger partial charge in [-0.25, -0.2) is 0 Å². The molecule has 3 aromatic carbocycles. The van der Waals surface area contributed by atoms with Gasteiger partial charge in [0.1, 0.15) is 28.1 Å². The van der Waals surface area contributed by atoms with Gasteiger partial charge in [0.05, 0.1) is 6.61 Å². The summed E-state index contributed by atoms with van der Waals surface area (Å²) < 4.78 is 17.9. The van der Waals surface area contributed by atoms with Gasteiger partial charge in [0.15, 0.2) is 0 Å². The Kier molecular flexibility index (Phi) is 3.20. The van der Waals surface area contributed by atoms with Crippen molar-refractivity contribution in [1.82, 2.24) is 0 Å². The van der Waals surface area contributed by atoms with Crippen LogP contribution in [0.4, 0.5) is 0 Å². The molecule has 5 rings (SSSR count). The zero-order chi connectivity index (χ0) is 16.8. The molecule has 3 nitrogen and oxygen atoms in total. The third-order valence-corrected chi connectivity index (χ3v) is 4.71. The van der Waals surface area contributed by atoms with Crippen molar-refractivity contribution >= 4 is 43.9 Å². The zero-order valence-electron chi connectivity index (χ0n) is 14.0. The molecule has 0 aliphatic rings. The number of fused-ring (bicyclic) bond motifs is 6. The zero-order valence-corrected chi connectivity index (χ0v) is 14.0. The Morgan fingerprint density at radius 2 is 1.40 bits per heavy atom. The van der Waals surface area contributed by atoms with Gasteiger partial charge in [-0.2, -0.15) is 0 Å². The van der Waals surface area contributed by atoms with Crippen molar-refractivity contribution in [3.8, 4) is 5.75 Å². The predicted molar refractivity (Wildman–Crippen MR) is 101 cm³/mol. The third kappa shape index (κ3) is 2.27. The summed E-state index contributed by atoms with van der Waals surface area (Å²) in [6.07, 6.45) is 2.18. The summed E-state index contributed by atoms with van der Waals surface area (Å²) in [4.78, 5) is 0. The van der Waals surface area contributed by atoms with Gasteiger partial charge >= 0.3 is 0 Å². The van der Waals surface area contributed by atoms with Crippen LogP contribution in [0.3, 0.4) is 0 Å². The van der Waals surface area contributed by atoms with Gasteiger partial charge < -0.3 is 13.6 Å². The highest BCUT2D eigenvalue weighted by molar-refractivity contribution is 6.14. The van der Waals surface area contributed by atoms with Crippen molar-refractivity contribution in [2.45, 2.75) is 19.8 Å². The molecule has 0 saturated carbocycles. The molecular formula is C22H18O3. The number of unbranched alkanes of at least 4 members (excludes halogenated alkanes) is 1. The highest BCUT2D eigenvalue weighted by atomic mass is 16.5. The molecule has 2 heterocycles. The SMILES string of the molecule is CCCCOc1ccc2c(c1)oc1cc3c(cc12)oc1ccccc13. The van der Waals surface area contributed by atoms with E-state index in [2.05, 4.69) is 31.2 Å². The second-order valence-electron chi connectivity index (χ2n) is 6.40. The molecule has 0 aliphatic carbocycles. The lowest BCUT2D eigenvalue weighted by Gasteiger charge is -2.04. The van der Waals surface area contributed by atoms with Gasteiger partial charge in [-0.15, -0.1) is 0 Å². The number of furan rings is 2. The maximum atomic E-state index is 6.10. The van der Waals surface area contributed by atoms with Crippen LogP contribution in [0, 0.1) is 0 Å². The van der Waals surface area contributed by atoms with Crippen LogP contribution in [0.5, 0.6) is 5.75 Å². The fourth-order valence-corrected chi connectivity index (χ4v) is 3.40. The van der Waals surface area contributed by atoms with Crippen molar-refractivity contribution in [2.75, 3.05) is 6.61 Å². The summed E-state index contributed by atoms with van der Waals surface area (Å²) in [7, 11) is 0. The summed E-state index contributed by atoms with van der Waals surface area (Å²) >= 11 is 0. The second-order valence-corrected chi connectivity index (χ2v) is 6.40. The molecule has 0 N–H and O–H groups in total. The summed E-state index contributed by atoms with van der Waals surface area (Å²) in [6.45, 7) is 2.90. The molecular weight excluding hydrogens is 312 g/mol. The molecule has 0 spiro atoms. The van der Waals surface area contributed by atoms with E-state index in [1.165, 1.54) is 0 Å². The molecule has 0 radical (unpaired) electrons. The minimum absolute atomic E-state index is 0.737. The average Bonchev–Trinajstić information content (AvgIpc) is 3.17. The molecule has 25 heavy (non-hydrogen) atoms. The molecule has 0 atom stereocenters. The first-order valence-electron chi connectivity index (χ1n) is 8.74. The third-order valence-electron chi connectivity index (χ3n) is 4.71. The molecule has 124 valence electrons. The summed E-state index contributed by atoms with van der Waals surface area (Å²) in [5.41, 5.74) is 3.52. The molecule has 3 heteroatoms. The lowest BCUT2D eigenvalue weighted by atomic mass is 10.1. The van der Waals surface area contributed by atoms with Gasteiger partial charge in [0.2, 0.25) is 0 Å². The Morgan fingerprint density at radius 3 is 2.20 bits per heavy atom. The molecule has 0 unspecified atom stereocenters. The first-order chi connectivity index (χ1) is 12.3. The molecule has 2 aromatic heterocycles. The van der Waals surface area contributed by atoms with Crippen LogP contribution in [0.2, 0.25) is 0 Å². The minimum atomic E-state index is 0.737. The fourth-order valence-electron chi connectivity index (χ4n) is 3.40. The Hall–Kier alpha value is -2.94. The van der Waals surface area contributed by atoms with Gasteiger partial charge in [-0.1, -0.05) is 31.5 Å². The van der Waals surface area contributed by atoms with E-state index in [4.69, 9.17) is 13.6 Å². The highest BCUT2D eigenvalue weighted by Crippen LogP contribution is 2.37. The molecule has 0 amide bonds. The second kappa shape index (κ2) is 5.55.